The molecule has 21 heavy (non-hydrogen) atoms. The first-order valence-corrected chi connectivity index (χ1v) is 7.89. The fraction of sp³-hybridized carbons (Fsp3) is 0.0909. The summed E-state index contributed by atoms with van der Waals surface area (Å²) in [7, 11) is -2.10. The molecule has 1 aromatic carbocycles. The van der Waals surface area contributed by atoms with Crippen LogP contribution in [-0.4, -0.2) is 29.0 Å². The van der Waals surface area contributed by atoms with Gasteiger partial charge in [-0.15, -0.1) is 0 Å². The Morgan fingerprint density at radius 2 is 2.24 bits per heavy atom. The molecular formula is C11H12BrN5O3S. The number of hydrogen-bond acceptors (Lipinski definition) is 5. The van der Waals surface area contributed by atoms with Crippen LogP contribution in [0.3, 0.4) is 0 Å². The van der Waals surface area contributed by atoms with Gasteiger partial charge < -0.3 is 15.5 Å². The van der Waals surface area contributed by atoms with Crippen LogP contribution in [0.4, 0.5) is 5.69 Å². The normalized spacial score (nSPS) is 12.4. The van der Waals surface area contributed by atoms with Gasteiger partial charge in [-0.2, -0.15) is 8.42 Å². The van der Waals surface area contributed by atoms with Gasteiger partial charge in [0.1, 0.15) is 0 Å². The molecule has 1 heterocycles. The Morgan fingerprint density at radius 3 is 2.76 bits per heavy atom. The van der Waals surface area contributed by atoms with Crippen LogP contribution < -0.4 is 10.5 Å². The molecule has 4 N–H and O–H groups in total. The molecule has 0 aliphatic rings. The summed E-state index contributed by atoms with van der Waals surface area (Å²) in [6.07, 6.45) is 2.78. The van der Waals surface area contributed by atoms with Crippen molar-refractivity contribution in [1.29, 1.82) is 0 Å². The minimum absolute atomic E-state index is 0.0742. The standard InChI is InChI=1S/C11H12BrN5O3S/c1-17-5-10(14-6-17)21(19,20)16-9-3-2-7(4-8(9)12)11(13)15-18/h2-6,16,18H,1H3,(H2,13,15). The van der Waals surface area contributed by atoms with E-state index in [0.29, 0.717) is 15.7 Å². The summed E-state index contributed by atoms with van der Waals surface area (Å²) < 4.78 is 28.7. The molecule has 0 aliphatic heterocycles. The molecule has 0 amide bonds. The number of hydrogen-bond donors (Lipinski definition) is 3. The van der Waals surface area contributed by atoms with E-state index in [-0.39, 0.29) is 10.9 Å². The molecular weight excluding hydrogens is 362 g/mol. The maximum absolute atomic E-state index is 12.1. The Hall–Kier alpha value is -2.07. The van der Waals surface area contributed by atoms with E-state index in [1.54, 1.807) is 7.05 Å². The summed E-state index contributed by atoms with van der Waals surface area (Å²) in [4.78, 5) is 3.80. The molecule has 0 radical (unpaired) electrons. The third-order valence-corrected chi connectivity index (χ3v) is 4.48. The largest absolute Gasteiger partial charge is 0.409 e. The van der Waals surface area contributed by atoms with E-state index < -0.39 is 10.0 Å². The average Bonchev–Trinajstić information content (AvgIpc) is 2.87. The molecule has 10 heteroatoms. The molecule has 0 atom stereocenters. The topological polar surface area (TPSA) is 123 Å². The number of nitrogens with two attached hydrogens (primary N) is 1. The first-order chi connectivity index (χ1) is 9.83. The predicted molar refractivity (Wildman–Crippen MR) is 80.7 cm³/mol. The summed E-state index contributed by atoms with van der Waals surface area (Å²) in [6, 6.07) is 4.55. The van der Waals surface area contributed by atoms with Crippen molar-refractivity contribution < 1.29 is 13.6 Å². The van der Waals surface area contributed by atoms with Crippen LogP contribution in [0.5, 0.6) is 0 Å². The van der Waals surface area contributed by atoms with Crippen molar-refractivity contribution in [3.05, 3.63) is 40.8 Å². The Balaban J connectivity index is 2.32. The van der Waals surface area contributed by atoms with Crippen molar-refractivity contribution in [3.63, 3.8) is 0 Å². The minimum atomic E-state index is -3.78. The molecule has 2 rings (SSSR count). The fourth-order valence-corrected chi connectivity index (χ4v) is 3.21. The van der Waals surface area contributed by atoms with Gasteiger partial charge in [0.15, 0.2) is 10.9 Å². The van der Waals surface area contributed by atoms with Crippen LogP contribution in [-0.2, 0) is 17.1 Å². The third-order valence-electron chi connectivity index (χ3n) is 2.57. The Kier molecular flexibility index (Phi) is 4.19. The summed E-state index contributed by atoms with van der Waals surface area (Å²) >= 11 is 3.23. The van der Waals surface area contributed by atoms with Crippen molar-refractivity contribution in [2.75, 3.05) is 4.72 Å². The van der Waals surface area contributed by atoms with E-state index in [2.05, 4.69) is 30.8 Å². The molecule has 0 fully saturated rings. The van der Waals surface area contributed by atoms with Crippen molar-refractivity contribution in [2.24, 2.45) is 17.9 Å². The lowest BCUT2D eigenvalue weighted by molar-refractivity contribution is 0.318. The predicted octanol–water partition coefficient (Wildman–Crippen LogP) is 1.08. The van der Waals surface area contributed by atoms with E-state index in [0.717, 1.165) is 0 Å². The highest BCUT2D eigenvalue weighted by molar-refractivity contribution is 9.10. The van der Waals surface area contributed by atoms with Crippen LogP contribution >= 0.6 is 15.9 Å². The molecule has 0 bridgehead atoms. The van der Waals surface area contributed by atoms with Crippen molar-refractivity contribution in [1.82, 2.24) is 9.55 Å². The van der Waals surface area contributed by atoms with Gasteiger partial charge in [-0.1, -0.05) is 5.16 Å². The monoisotopic (exact) mass is 373 g/mol. The lowest BCUT2D eigenvalue weighted by atomic mass is 10.2. The number of oxime groups is 1. The summed E-state index contributed by atoms with van der Waals surface area (Å²) in [5.74, 6) is -0.0742. The number of nitrogens with one attached hydrogen (secondary N) is 1. The van der Waals surface area contributed by atoms with Crippen LogP contribution in [0.1, 0.15) is 5.56 Å². The summed E-state index contributed by atoms with van der Waals surface area (Å²) in [6.45, 7) is 0. The lowest BCUT2D eigenvalue weighted by Gasteiger charge is -2.09. The van der Waals surface area contributed by atoms with E-state index in [4.69, 9.17) is 10.9 Å². The number of benzene rings is 1. The number of sulfonamides is 1. The molecule has 112 valence electrons. The van der Waals surface area contributed by atoms with E-state index in [1.165, 1.54) is 35.3 Å². The van der Waals surface area contributed by atoms with Gasteiger partial charge in [0.2, 0.25) is 0 Å². The second-order valence-corrected chi connectivity index (χ2v) is 6.65. The first-order valence-electron chi connectivity index (χ1n) is 5.61. The van der Waals surface area contributed by atoms with Crippen molar-refractivity contribution >= 4 is 37.5 Å². The van der Waals surface area contributed by atoms with Gasteiger partial charge in [0.25, 0.3) is 10.0 Å². The number of anilines is 1. The molecule has 0 saturated heterocycles. The van der Waals surface area contributed by atoms with Crippen LogP contribution in [0.2, 0.25) is 0 Å². The van der Waals surface area contributed by atoms with Gasteiger partial charge >= 0.3 is 0 Å². The zero-order valence-corrected chi connectivity index (χ0v) is 13.3. The van der Waals surface area contributed by atoms with Crippen LogP contribution in [0.25, 0.3) is 0 Å². The minimum Gasteiger partial charge on any atom is -0.409 e. The zero-order chi connectivity index (χ0) is 15.6. The van der Waals surface area contributed by atoms with Gasteiger partial charge in [0.05, 0.1) is 12.0 Å². The summed E-state index contributed by atoms with van der Waals surface area (Å²) in [5.41, 5.74) is 6.23. The van der Waals surface area contributed by atoms with E-state index in [9.17, 15) is 8.42 Å². The maximum Gasteiger partial charge on any atom is 0.280 e. The lowest BCUT2D eigenvalue weighted by Crippen LogP contribution is -2.15. The number of imidazole rings is 1. The molecule has 0 aliphatic carbocycles. The van der Waals surface area contributed by atoms with Crippen molar-refractivity contribution in [3.8, 4) is 0 Å². The Labute approximate surface area is 129 Å². The second kappa shape index (κ2) is 5.74. The number of rotatable bonds is 4. The van der Waals surface area contributed by atoms with Gasteiger partial charge in [-0.25, -0.2) is 4.98 Å². The molecule has 2 aromatic rings. The highest BCUT2D eigenvalue weighted by Crippen LogP contribution is 2.25. The second-order valence-electron chi connectivity index (χ2n) is 4.16. The number of amidine groups is 1. The van der Waals surface area contributed by atoms with E-state index >= 15 is 0 Å². The Morgan fingerprint density at radius 1 is 1.52 bits per heavy atom. The average molecular weight is 374 g/mol. The van der Waals surface area contributed by atoms with Gasteiger partial charge in [0, 0.05) is 23.3 Å². The first kappa shape index (κ1) is 15.3. The number of aromatic nitrogens is 2. The van der Waals surface area contributed by atoms with E-state index in [1.807, 2.05) is 0 Å². The fourth-order valence-electron chi connectivity index (χ4n) is 1.54. The third kappa shape index (κ3) is 3.34. The van der Waals surface area contributed by atoms with Crippen LogP contribution in [0.15, 0.2) is 45.4 Å². The SMILES string of the molecule is Cn1cnc(S(=O)(=O)Nc2ccc(/C(N)=N/O)cc2Br)c1. The van der Waals surface area contributed by atoms with Crippen molar-refractivity contribution in [2.45, 2.75) is 5.03 Å². The molecule has 0 spiro atoms. The smallest absolute Gasteiger partial charge is 0.280 e. The van der Waals surface area contributed by atoms with Gasteiger partial charge in [-0.05, 0) is 34.1 Å². The molecule has 0 unspecified atom stereocenters. The van der Waals surface area contributed by atoms with Gasteiger partial charge in [-0.3, -0.25) is 4.72 Å². The zero-order valence-electron chi connectivity index (χ0n) is 10.9. The number of aryl methyl sites for hydroxylation is 1. The Bertz CT molecular complexity index is 800. The maximum atomic E-state index is 12.1. The van der Waals surface area contributed by atoms with Crippen LogP contribution in [0, 0.1) is 0 Å². The number of nitrogens with zero attached hydrogens (tertiary/aromatic N) is 3. The summed E-state index contributed by atoms with van der Waals surface area (Å²) in [5, 5.41) is 11.4. The highest BCUT2D eigenvalue weighted by atomic mass is 79.9. The molecule has 1 aromatic heterocycles. The molecule has 8 nitrogen and oxygen atoms in total. The number of halogens is 1. The quantitative estimate of drug-likeness (QED) is 0.320. The molecule has 0 saturated carbocycles. The highest BCUT2D eigenvalue weighted by Gasteiger charge is 2.18.